The third kappa shape index (κ3) is 4.72. The predicted molar refractivity (Wildman–Crippen MR) is 80.9 cm³/mol. The van der Waals surface area contributed by atoms with E-state index in [9.17, 15) is 4.79 Å². The van der Waals surface area contributed by atoms with Crippen molar-refractivity contribution in [3.8, 4) is 0 Å². The second-order valence-corrected chi connectivity index (χ2v) is 5.14. The Morgan fingerprint density at radius 1 is 1.44 bits per heavy atom. The Hall–Kier alpha value is -0.360. The van der Waals surface area contributed by atoms with Gasteiger partial charge >= 0.3 is 0 Å². The summed E-state index contributed by atoms with van der Waals surface area (Å²) in [5.41, 5.74) is 6.40. The first-order valence-corrected chi connectivity index (χ1v) is 6.18. The predicted octanol–water partition coefficient (Wildman–Crippen LogP) is 2.47. The highest BCUT2D eigenvalue weighted by Gasteiger charge is 2.20. The molecule has 0 radical (unpaired) electrons. The van der Waals surface area contributed by atoms with Crippen LogP contribution in [0.2, 0.25) is 0 Å². The fraction of sp³-hybridized carbons (Fsp3) is 0.636. The SMILES string of the molecule is Cc1nc(C)c(C(C)N(C)C(=O)CCN)s1.Cl.Cl. The average molecular weight is 314 g/mol. The van der Waals surface area contributed by atoms with Crippen LogP contribution in [-0.4, -0.2) is 29.4 Å². The van der Waals surface area contributed by atoms with Crippen molar-refractivity contribution < 1.29 is 4.79 Å². The average Bonchev–Trinajstić information content (AvgIpc) is 2.56. The number of aryl methyl sites for hydroxylation is 2. The molecular formula is C11H21Cl2N3OS. The Balaban J connectivity index is 0. The number of carbonyl (C=O) groups excluding carboxylic acids is 1. The molecule has 18 heavy (non-hydrogen) atoms. The molecule has 0 aliphatic carbocycles. The molecular weight excluding hydrogens is 293 g/mol. The molecule has 0 bridgehead atoms. The van der Waals surface area contributed by atoms with Crippen molar-refractivity contribution in [3.63, 3.8) is 0 Å². The van der Waals surface area contributed by atoms with Crippen molar-refractivity contribution in [3.05, 3.63) is 15.6 Å². The molecule has 106 valence electrons. The molecule has 0 aromatic carbocycles. The third-order valence-corrected chi connectivity index (χ3v) is 3.89. The lowest BCUT2D eigenvalue weighted by Crippen LogP contribution is -2.30. The van der Waals surface area contributed by atoms with Gasteiger partial charge in [-0.3, -0.25) is 4.79 Å². The van der Waals surface area contributed by atoms with E-state index in [2.05, 4.69) is 4.98 Å². The Labute approximate surface area is 125 Å². The van der Waals surface area contributed by atoms with Gasteiger partial charge in [0.05, 0.1) is 16.7 Å². The van der Waals surface area contributed by atoms with Crippen molar-refractivity contribution in [1.29, 1.82) is 0 Å². The van der Waals surface area contributed by atoms with Crippen LogP contribution >= 0.6 is 36.2 Å². The minimum absolute atomic E-state index is 0. The first-order valence-electron chi connectivity index (χ1n) is 5.37. The monoisotopic (exact) mass is 313 g/mol. The number of hydrogen-bond donors (Lipinski definition) is 1. The molecule has 0 spiro atoms. The largest absolute Gasteiger partial charge is 0.338 e. The number of thiazole rings is 1. The summed E-state index contributed by atoms with van der Waals surface area (Å²) in [6.07, 6.45) is 0.400. The summed E-state index contributed by atoms with van der Waals surface area (Å²) in [4.78, 5) is 19.0. The van der Waals surface area contributed by atoms with Crippen molar-refractivity contribution in [2.45, 2.75) is 33.2 Å². The van der Waals surface area contributed by atoms with Crippen LogP contribution in [-0.2, 0) is 4.79 Å². The van der Waals surface area contributed by atoms with Crippen LogP contribution in [0.4, 0.5) is 0 Å². The van der Waals surface area contributed by atoms with Gasteiger partial charge in [0.15, 0.2) is 0 Å². The van der Waals surface area contributed by atoms with Gasteiger partial charge in [0.2, 0.25) is 5.91 Å². The zero-order chi connectivity index (χ0) is 12.3. The second kappa shape index (κ2) is 8.69. The van der Waals surface area contributed by atoms with Gasteiger partial charge in [-0.25, -0.2) is 4.98 Å². The smallest absolute Gasteiger partial charge is 0.224 e. The summed E-state index contributed by atoms with van der Waals surface area (Å²) in [6.45, 7) is 6.39. The molecule has 1 unspecified atom stereocenters. The number of amides is 1. The lowest BCUT2D eigenvalue weighted by Gasteiger charge is -2.24. The molecule has 0 aliphatic rings. The number of nitrogens with two attached hydrogens (primary N) is 1. The van der Waals surface area contributed by atoms with E-state index in [4.69, 9.17) is 5.73 Å². The molecule has 0 saturated carbocycles. The number of nitrogens with zero attached hydrogens (tertiary/aromatic N) is 2. The Kier molecular flexibility index (Phi) is 9.64. The minimum atomic E-state index is 0. The Morgan fingerprint density at radius 2 is 2.00 bits per heavy atom. The summed E-state index contributed by atoms with van der Waals surface area (Å²) in [7, 11) is 1.82. The molecule has 0 aliphatic heterocycles. The van der Waals surface area contributed by atoms with Gasteiger partial charge in [-0.2, -0.15) is 0 Å². The number of aromatic nitrogens is 1. The standard InChI is InChI=1S/C11H19N3OS.2ClH/c1-7-11(16-9(3)13-7)8(2)14(4)10(15)5-6-12;;/h8H,5-6,12H2,1-4H3;2*1H. The van der Waals surface area contributed by atoms with Gasteiger partial charge in [-0.05, 0) is 20.8 Å². The number of carbonyl (C=O) groups is 1. The fourth-order valence-corrected chi connectivity index (χ4v) is 2.65. The first-order chi connectivity index (χ1) is 7.47. The molecule has 1 atom stereocenters. The van der Waals surface area contributed by atoms with Crippen LogP contribution in [0.1, 0.15) is 35.0 Å². The number of rotatable bonds is 4. The lowest BCUT2D eigenvalue weighted by molar-refractivity contribution is -0.131. The summed E-state index contributed by atoms with van der Waals surface area (Å²) >= 11 is 1.65. The Morgan fingerprint density at radius 3 is 2.39 bits per heavy atom. The van der Waals surface area contributed by atoms with E-state index in [1.165, 1.54) is 0 Å². The Bertz CT molecular complexity index is 384. The molecule has 7 heteroatoms. The van der Waals surface area contributed by atoms with Crippen LogP contribution in [0.25, 0.3) is 0 Å². The highest BCUT2D eigenvalue weighted by atomic mass is 35.5. The van der Waals surface area contributed by atoms with E-state index >= 15 is 0 Å². The van der Waals surface area contributed by atoms with Crippen LogP contribution < -0.4 is 5.73 Å². The van der Waals surface area contributed by atoms with Crippen LogP contribution in [0.5, 0.6) is 0 Å². The lowest BCUT2D eigenvalue weighted by atomic mass is 10.2. The molecule has 4 nitrogen and oxygen atoms in total. The van der Waals surface area contributed by atoms with Gasteiger partial charge in [0.1, 0.15) is 0 Å². The van der Waals surface area contributed by atoms with E-state index < -0.39 is 0 Å². The van der Waals surface area contributed by atoms with Crippen molar-refractivity contribution in [2.75, 3.05) is 13.6 Å². The van der Waals surface area contributed by atoms with E-state index in [0.29, 0.717) is 13.0 Å². The molecule has 1 aromatic heterocycles. The summed E-state index contributed by atoms with van der Waals surface area (Å²) in [6, 6.07) is 0.0743. The van der Waals surface area contributed by atoms with Crippen LogP contribution in [0, 0.1) is 13.8 Å². The second-order valence-electron chi connectivity index (χ2n) is 3.90. The number of hydrogen-bond acceptors (Lipinski definition) is 4. The molecule has 1 aromatic rings. The van der Waals surface area contributed by atoms with Crippen LogP contribution in [0.3, 0.4) is 0 Å². The zero-order valence-electron chi connectivity index (χ0n) is 11.1. The summed E-state index contributed by atoms with van der Waals surface area (Å²) in [5.74, 6) is 0.0838. The highest BCUT2D eigenvalue weighted by Crippen LogP contribution is 2.28. The molecule has 1 amide bonds. The summed E-state index contributed by atoms with van der Waals surface area (Å²) < 4.78 is 0. The maximum atomic E-state index is 11.7. The fourth-order valence-electron chi connectivity index (χ4n) is 1.63. The van der Waals surface area contributed by atoms with E-state index in [0.717, 1.165) is 15.6 Å². The third-order valence-electron chi connectivity index (χ3n) is 2.65. The van der Waals surface area contributed by atoms with Gasteiger partial charge < -0.3 is 10.6 Å². The van der Waals surface area contributed by atoms with Gasteiger partial charge in [0.25, 0.3) is 0 Å². The molecule has 1 rings (SSSR count). The van der Waals surface area contributed by atoms with Gasteiger partial charge in [-0.1, -0.05) is 0 Å². The summed E-state index contributed by atoms with van der Waals surface area (Å²) in [5, 5.41) is 1.04. The maximum absolute atomic E-state index is 11.7. The molecule has 0 fully saturated rings. The van der Waals surface area contributed by atoms with Gasteiger partial charge in [0, 0.05) is 24.9 Å². The van der Waals surface area contributed by atoms with E-state index in [-0.39, 0.29) is 36.8 Å². The first kappa shape index (κ1) is 20.0. The van der Waals surface area contributed by atoms with E-state index in [1.807, 2.05) is 27.8 Å². The van der Waals surface area contributed by atoms with Crippen molar-refractivity contribution >= 4 is 42.1 Å². The highest BCUT2D eigenvalue weighted by molar-refractivity contribution is 7.11. The molecule has 0 saturated heterocycles. The zero-order valence-corrected chi connectivity index (χ0v) is 13.5. The van der Waals surface area contributed by atoms with Gasteiger partial charge in [-0.15, -0.1) is 36.2 Å². The topological polar surface area (TPSA) is 59.2 Å². The molecule has 1 heterocycles. The normalized spacial score (nSPS) is 11.2. The van der Waals surface area contributed by atoms with Crippen molar-refractivity contribution in [1.82, 2.24) is 9.88 Å². The van der Waals surface area contributed by atoms with Crippen molar-refractivity contribution in [2.24, 2.45) is 5.73 Å². The van der Waals surface area contributed by atoms with E-state index in [1.54, 1.807) is 16.2 Å². The van der Waals surface area contributed by atoms with Crippen LogP contribution in [0.15, 0.2) is 0 Å². The minimum Gasteiger partial charge on any atom is -0.338 e. The quantitative estimate of drug-likeness (QED) is 0.929. The number of halogens is 2. The maximum Gasteiger partial charge on any atom is 0.224 e. The molecule has 2 N–H and O–H groups in total.